The number of quaternary nitrogens is 1. The van der Waals surface area contributed by atoms with Gasteiger partial charge < -0.3 is 15.1 Å². The fraction of sp³-hybridized carbons (Fsp3) is 0.611. The average Bonchev–Trinajstić information content (AvgIpc) is 2.44. The molecule has 0 spiro atoms. The zero-order valence-electron chi connectivity index (χ0n) is 14.4. The number of carbonyl (C=O) groups excluding carboxylic acids is 1. The van der Waals surface area contributed by atoms with Crippen LogP contribution in [0.15, 0.2) is 18.2 Å². The lowest BCUT2D eigenvalue weighted by molar-refractivity contribution is -0.871. The molecule has 2 N–H and O–H groups in total. The fourth-order valence-electron chi connectivity index (χ4n) is 3.09. The highest BCUT2D eigenvalue weighted by Crippen LogP contribution is 2.23. The first kappa shape index (κ1) is 16.8. The van der Waals surface area contributed by atoms with E-state index in [0.29, 0.717) is 5.69 Å². The number of rotatable bonds is 4. The van der Waals surface area contributed by atoms with Crippen molar-refractivity contribution >= 4 is 11.6 Å². The van der Waals surface area contributed by atoms with Gasteiger partial charge in [-0.3, -0.25) is 4.79 Å². The lowest BCUT2D eigenvalue weighted by Crippen LogP contribution is -2.41. The smallest absolute Gasteiger partial charge is 0.254 e. The highest BCUT2D eigenvalue weighted by atomic mass is 16.2. The molecule has 1 saturated heterocycles. The molecule has 0 radical (unpaired) electrons. The third-order valence-electron chi connectivity index (χ3n) is 4.59. The predicted molar refractivity (Wildman–Crippen MR) is 91.7 cm³/mol. The van der Waals surface area contributed by atoms with Crippen LogP contribution in [0.1, 0.15) is 35.2 Å². The van der Waals surface area contributed by atoms with Crippen LogP contribution >= 0.6 is 0 Å². The second-order valence-corrected chi connectivity index (χ2v) is 7.61. The molecule has 0 aromatic heterocycles. The molecule has 1 aliphatic heterocycles. The maximum Gasteiger partial charge on any atom is 0.254 e. The molecule has 122 valence electrons. The Morgan fingerprint density at radius 1 is 1.27 bits per heavy atom. The van der Waals surface area contributed by atoms with Crippen molar-refractivity contribution in [3.63, 3.8) is 0 Å². The number of hydrogen-bond acceptors (Lipinski definition) is 2. The summed E-state index contributed by atoms with van der Waals surface area (Å²) in [5.41, 5.74) is 8.24. The molecule has 1 aromatic rings. The monoisotopic (exact) mass is 304 g/mol. The molecule has 1 amide bonds. The number of aryl methyl sites for hydroxylation is 1. The Labute approximate surface area is 134 Å². The highest BCUT2D eigenvalue weighted by molar-refractivity contribution is 5.96. The first-order valence-corrected chi connectivity index (χ1v) is 8.22. The lowest BCUT2D eigenvalue weighted by Gasteiger charge is -2.34. The largest absolute Gasteiger partial charge is 0.399 e. The second kappa shape index (κ2) is 6.69. The summed E-state index contributed by atoms with van der Waals surface area (Å²) >= 11 is 0. The molecule has 0 bridgehead atoms. The van der Waals surface area contributed by atoms with E-state index in [-0.39, 0.29) is 5.91 Å². The highest BCUT2D eigenvalue weighted by Gasteiger charge is 2.25. The Morgan fingerprint density at radius 2 is 1.91 bits per heavy atom. The van der Waals surface area contributed by atoms with Gasteiger partial charge in [-0.05, 0) is 55.9 Å². The number of nitrogens with two attached hydrogens (primary N) is 1. The number of nitrogen functional groups attached to an aromatic ring is 1. The molecule has 0 unspecified atom stereocenters. The Hall–Kier alpha value is -1.55. The molecule has 1 heterocycles. The number of benzene rings is 1. The number of hydrogen-bond donors (Lipinski definition) is 1. The lowest BCUT2D eigenvalue weighted by atomic mass is 9.92. The van der Waals surface area contributed by atoms with Gasteiger partial charge in [-0.1, -0.05) is 0 Å². The van der Waals surface area contributed by atoms with Gasteiger partial charge in [0, 0.05) is 24.3 Å². The molecular formula is C18H30N3O+. The summed E-state index contributed by atoms with van der Waals surface area (Å²) in [5, 5.41) is 0. The molecule has 22 heavy (non-hydrogen) atoms. The van der Waals surface area contributed by atoms with E-state index in [1.54, 1.807) is 0 Å². The summed E-state index contributed by atoms with van der Waals surface area (Å²) < 4.78 is 1.02. The van der Waals surface area contributed by atoms with Crippen LogP contribution in [0.25, 0.3) is 0 Å². The molecule has 1 fully saturated rings. The molecule has 1 aliphatic rings. The summed E-state index contributed by atoms with van der Waals surface area (Å²) in [6, 6.07) is 5.55. The van der Waals surface area contributed by atoms with E-state index in [9.17, 15) is 4.79 Å². The normalized spacial score (nSPS) is 16.8. The van der Waals surface area contributed by atoms with Crippen LogP contribution in [0.2, 0.25) is 0 Å². The third-order valence-corrected chi connectivity index (χ3v) is 4.59. The maximum atomic E-state index is 12.6. The maximum absolute atomic E-state index is 12.6. The van der Waals surface area contributed by atoms with Gasteiger partial charge in [0.15, 0.2) is 0 Å². The number of likely N-dealkylation sites (tertiary alicyclic amines) is 1. The van der Waals surface area contributed by atoms with Crippen LogP contribution in [-0.2, 0) is 0 Å². The van der Waals surface area contributed by atoms with E-state index in [1.807, 2.05) is 30.0 Å². The van der Waals surface area contributed by atoms with Gasteiger partial charge in [0.25, 0.3) is 5.91 Å². The van der Waals surface area contributed by atoms with E-state index < -0.39 is 0 Å². The van der Waals surface area contributed by atoms with Gasteiger partial charge in [0.05, 0.1) is 27.7 Å². The van der Waals surface area contributed by atoms with Gasteiger partial charge in [-0.25, -0.2) is 0 Å². The van der Waals surface area contributed by atoms with Gasteiger partial charge in [0.2, 0.25) is 0 Å². The first-order chi connectivity index (χ1) is 10.3. The van der Waals surface area contributed by atoms with E-state index in [4.69, 9.17) is 5.73 Å². The Balaban J connectivity index is 1.90. The van der Waals surface area contributed by atoms with E-state index in [2.05, 4.69) is 21.1 Å². The van der Waals surface area contributed by atoms with Crippen molar-refractivity contribution in [2.75, 3.05) is 46.5 Å². The van der Waals surface area contributed by atoms with E-state index in [1.165, 1.54) is 13.0 Å². The average molecular weight is 304 g/mol. The summed E-state index contributed by atoms with van der Waals surface area (Å²) in [6.07, 6.45) is 3.51. The quantitative estimate of drug-likeness (QED) is 0.686. The molecular weight excluding hydrogens is 274 g/mol. The number of amides is 1. The van der Waals surface area contributed by atoms with Crippen LogP contribution < -0.4 is 5.73 Å². The minimum Gasteiger partial charge on any atom is -0.399 e. The minimum absolute atomic E-state index is 0.155. The summed E-state index contributed by atoms with van der Waals surface area (Å²) in [5.74, 6) is 0.913. The van der Waals surface area contributed by atoms with Crippen LogP contribution in [-0.4, -0.2) is 56.1 Å². The van der Waals surface area contributed by atoms with E-state index >= 15 is 0 Å². The third kappa shape index (κ3) is 4.47. The molecule has 4 nitrogen and oxygen atoms in total. The van der Waals surface area contributed by atoms with Crippen LogP contribution in [0.4, 0.5) is 5.69 Å². The molecule has 2 rings (SSSR count). The second-order valence-electron chi connectivity index (χ2n) is 7.61. The molecule has 0 aliphatic carbocycles. The van der Waals surface area contributed by atoms with Crippen molar-refractivity contribution in [1.82, 2.24) is 4.90 Å². The first-order valence-electron chi connectivity index (χ1n) is 8.22. The SMILES string of the molecule is Cc1cc(N)ccc1C(=O)N1CCC(CC[N+](C)(C)C)CC1. The van der Waals surface area contributed by atoms with Crippen LogP contribution in [0.3, 0.4) is 0 Å². The topological polar surface area (TPSA) is 46.3 Å². The standard InChI is InChI=1S/C18H29N3O/c1-14-13-16(19)5-6-17(14)18(22)20-10-7-15(8-11-20)9-12-21(2,3)4/h5-6,13,15H,7-12H2,1-4H3,(H-,19,22)/p+1. The summed E-state index contributed by atoms with van der Waals surface area (Å²) in [6.45, 7) is 4.92. The number of anilines is 1. The minimum atomic E-state index is 0.155. The van der Waals surface area contributed by atoms with Crippen molar-refractivity contribution in [1.29, 1.82) is 0 Å². The molecule has 0 atom stereocenters. The van der Waals surface area contributed by atoms with Crippen molar-refractivity contribution in [2.45, 2.75) is 26.2 Å². The zero-order valence-corrected chi connectivity index (χ0v) is 14.4. The van der Waals surface area contributed by atoms with Gasteiger partial charge in [-0.2, -0.15) is 0 Å². The number of carbonyl (C=O) groups is 1. The molecule has 1 aromatic carbocycles. The summed E-state index contributed by atoms with van der Waals surface area (Å²) in [4.78, 5) is 14.6. The van der Waals surface area contributed by atoms with Crippen molar-refractivity contribution in [3.8, 4) is 0 Å². The van der Waals surface area contributed by atoms with Gasteiger partial charge >= 0.3 is 0 Å². The van der Waals surface area contributed by atoms with Crippen molar-refractivity contribution < 1.29 is 9.28 Å². The number of nitrogens with zero attached hydrogens (tertiary/aromatic N) is 2. The Morgan fingerprint density at radius 3 is 2.45 bits per heavy atom. The predicted octanol–water partition coefficient (Wildman–Crippen LogP) is 2.53. The summed E-state index contributed by atoms with van der Waals surface area (Å²) in [7, 11) is 6.72. The van der Waals surface area contributed by atoms with E-state index in [0.717, 1.165) is 47.5 Å². The Kier molecular flexibility index (Phi) is 5.12. The molecule has 0 saturated carbocycles. The van der Waals surface area contributed by atoms with Crippen LogP contribution in [0.5, 0.6) is 0 Å². The van der Waals surface area contributed by atoms with Crippen molar-refractivity contribution in [2.24, 2.45) is 5.92 Å². The van der Waals surface area contributed by atoms with Crippen LogP contribution in [0, 0.1) is 12.8 Å². The number of piperidine rings is 1. The zero-order chi connectivity index (χ0) is 16.3. The van der Waals surface area contributed by atoms with Gasteiger partial charge in [0.1, 0.15) is 0 Å². The molecule has 4 heteroatoms. The Bertz CT molecular complexity index is 526. The van der Waals surface area contributed by atoms with Gasteiger partial charge in [-0.15, -0.1) is 0 Å². The fourth-order valence-corrected chi connectivity index (χ4v) is 3.09. The van der Waals surface area contributed by atoms with Crippen molar-refractivity contribution in [3.05, 3.63) is 29.3 Å².